The number of ether oxygens (including phenoxy) is 1. The number of piperidine rings is 1. The predicted molar refractivity (Wildman–Crippen MR) is 104 cm³/mol. The normalized spacial score (nSPS) is 14.9. The molecule has 1 aliphatic heterocycles. The standard InChI is InChI=1S/C21H27N3O2/c1-16-10-13-24(14-11-16)20-8-7-18(15-23-20)21(25)22-12-9-17-5-3-4-6-19(17)26-2/h3-8,15-16H,9-14H2,1-2H3,(H,22,25). The molecule has 2 heterocycles. The van der Waals surface area contributed by atoms with Crippen LogP contribution in [0.2, 0.25) is 0 Å². The maximum Gasteiger partial charge on any atom is 0.252 e. The minimum atomic E-state index is -0.0915. The van der Waals surface area contributed by atoms with E-state index < -0.39 is 0 Å². The number of nitrogens with one attached hydrogen (secondary N) is 1. The van der Waals surface area contributed by atoms with Crippen LogP contribution < -0.4 is 15.0 Å². The van der Waals surface area contributed by atoms with E-state index in [1.807, 2.05) is 36.4 Å². The van der Waals surface area contributed by atoms with Gasteiger partial charge in [0.1, 0.15) is 11.6 Å². The molecule has 0 saturated carbocycles. The lowest BCUT2D eigenvalue weighted by Crippen LogP contribution is -2.33. The van der Waals surface area contributed by atoms with E-state index in [-0.39, 0.29) is 5.91 Å². The molecule has 5 nitrogen and oxygen atoms in total. The summed E-state index contributed by atoms with van der Waals surface area (Å²) in [5.41, 5.74) is 1.68. The Balaban J connectivity index is 1.52. The molecule has 1 N–H and O–H groups in total. The van der Waals surface area contributed by atoms with Crippen LogP contribution in [0.4, 0.5) is 5.82 Å². The van der Waals surface area contributed by atoms with Crippen molar-refractivity contribution in [1.29, 1.82) is 0 Å². The fraction of sp³-hybridized carbons (Fsp3) is 0.429. The summed E-state index contributed by atoms with van der Waals surface area (Å²) in [5, 5.41) is 2.96. The lowest BCUT2D eigenvalue weighted by Gasteiger charge is -2.31. The number of amides is 1. The lowest BCUT2D eigenvalue weighted by molar-refractivity contribution is 0.0953. The zero-order chi connectivity index (χ0) is 18.4. The smallest absolute Gasteiger partial charge is 0.252 e. The Hall–Kier alpha value is -2.56. The largest absolute Gasteiger partial charge is 0.496 e. The first-order valence-corrected chi connectivity index (χ1v) is 9.28. The van der Waals surface area contributed by atoms with Crippen molar-refractivity contribution in [3.63, 3.8) is 0 Å². The number of rotatable bonds is 6. The number of aromatic nitrogens is 1. The fourth-order valence-corrected chi connectivity index (χ4v) is 3.27. The highest BCUT2D eigenvalue weighted by Crippen LogP contribution is 2.21. The molecule has 1 aromatic heterocycles. The molecule has 0 aliphatic carbocycles. The van der Waals surface area contributed by atoms with Gasteiger partial charge < -0.3 is 15.0 Å². The van der Waals surface area contributed by atoms with Crippen molar-refractivity contribution in [3.8, 4) is 5.75 Å². The van der Waals surface area contributed by atoms with Crippen LogP contribution in [0, 0.1) is 5.92 Å². The third-order valence-corrected chi connectivity index (χ3v) is 4.99. The maximum absolute atomic E-state index is 12.3. The SMILES string of the molecule is COc1ccccc1CCNC(=O)c1ccc(N2CCC(C)CC2)nc1. The monoisotopic (exact) mass is 353 g/mol. The van der Waals surface area contributed by atoms with Gasteiger partial charge in [-0.25, -0.2) is 4.98 Å². The van der Waals surface area contributed by atoms with Crippen molar-refractivity contribution in [2.45, 2.75) is 26.2 Å². The van der Waals surface area contributed by atoms with Crippen LogP contribution in [0.5, 0.6) is 5.75 Å². The Labute approximate surface area is 155 Å². The van der Waals surface area contributed by atoms with E-state index in [9.17, 15) is 4.79 Å². The topological polar surface area (TPSA) is 54.5 Å². The molecular formula is C21H27N3O2. The van der Waals surface area contributed by atoms with Crippen LogP contribution in [-0.4, -0.2) is 37.6 Å². The quantitative estimate of drug-likeness (QED) is 0.866. The van der Waals surface area contributed by atoms with Gasteiger partial charge in [0.25, 0.3) is 5.91 Å². The molecule has 0 spiro atoms. The highest BCUT2D eigenvalue weighted by molar-refractivity contribution is 5.94. The number of para-hydroxylation sites is 1. The highest BCUT2D eigenvalue weighted by atomic mass is 16.5. The van der Waals surface area contributed by atoms with Crippen LogP contribution in [-0.2, 0) is 6.42 Å². The number of anilines is 1. The molecule has 1 saturated heterocycles. The third-order valence-electron chi connectivity index (χ3n) is 4.99. The Morgan fingerprint density at radius 3 is 2.69 bits per heavy atom. The number of pyridine rings is 1. The first kappa shape index (κ1) is 18.2. The number of hydrogen-bond acceptors (Lipinski definition) is 4. The van der Waals surface area contributed by atoms with Gasteiger partial charge in [-0.15, -0.1) is 0 Å². The second kappa shape index (κ2) is 8.70. The second-order valence-electron chi connectivity index (χ2n) is 6.89. The van der Waals surface area contributed by atoms with Crippen LogP contribution in [0.3, 0.4) is 0 Å². The molecule has 1 aromatic carbocycles. The Morgan fingerprint density at radius 1 is 1.23 bits per heavy atom. The van der Waals surface area contributed by atoms with Gasteiger partial charge in [0.05, 0.1) is 12.7 Å². The summed E-state index contributed by atoms with van der Waals surface area (Å²) in [4.78, 5) is 19.1. The maximum atomic E-state index is 12.3. The number of hydrogen-bond donors (Lipinski definition) is 1. The molecule has 138 valence electrons. The summed E-state index contributed by atoms with van der Waals surface area (Å²) in [5.74, 6) is 2.51. The third kappa shape index (κ3) is 4.54. The minimum absolute atomic E-state index is 0.0915. The summed E-state index contributed by atoms with van der Waals surface area (Å²) in [7, 11) is 1.66. The van der Waals surface area contributed by atoms with E-state index in [0.717, 1.165) is 42.6 Å². The van der Waals surface area contributed by atoms with E-state index in [1.165, 1.54) is 12.8 Å². The first-order valence-electron chi connectivity index (χ1n) is 9.28. The van der Waals surface area contributed by atoms with Crippen molar-refractivity contribution in [1.82, 2.24) is 10.3 Å². The summed E-state index contributed by atoms with van der Waals surface area (Å²) in [6, 6.07) is 11.7. The molecular weight excluding hydrogens is 326 g/mol. The predicted octanol–water partition coefficient (Wildman–Crippen LogP) is 3.30. The molecule has 5 heteroatoms. The van der Waals surface area contributed by atoms with E-state index >= 15 is 0 Å². The van der Waals surface area contributed by atoms with E-state index in [2.05, 4.69) is 22.1 Å². The summed E-state index contributed by atoms with van der Waals surface area (Å²) in [6.07, 6.45) is 4.80. The first-order chi connectivity index (χ1) is 12.7. The molecule has 3 rings (SSSR count). The average Bonchev–Trinajstić information content (AvgIpc) is 2.69. The molecule has 0 radical (unpaired) electrons. The van der Waals surface area contributed by atoms with Gasteiger partial charge >= 0.3 is 0 Å². The fourth-order valence-electron chi connectivity index (χ4n) is 3.27. The van der Waals surface area contributed by atoms with Crippen molar-refractivity contribution in [2.75, 3.05) is 31.6 Å². The number of benzene rings is 1. The van der Waals surface area contributed by atoms with E-state index in [4.69, 9.17) is 4.74 Å². The van der Waals surface area contributed by atoms with Gasteiger partial charge in [0.15, 0.2) is 0 Å². The molecule has 0 bridgehead atoms. The number of nitrogens with zero attached hydrogens (tertiary/aromatic N) is 2. The Morgan fingerprint density at radius 2 is 2.00 bits per heavy atom. The molecule has 0 unspecified atom stereocenters. The summed E-state index contributed by atoms with van der Waals surface area (Å²) in [6.45, 7) is 4.94. The molecule has 26 heavy (non-hydrogen) atoms. The van der Waals surface area contributed by atoms with Crippen LogP contribution in [0.15, 0.2) is 42.6 Å². The molecule has 1 amide bonds. The van der Waals surface area contributed by atoms with Crippen molar-refractivity contribution in [3.05, 3.63) is 53.7 Å². The van der Waals surface area contributed by atoms with Crippen molar-refractivity contribution < 1.29 is 9.53 Å². The van der Waals surface area contributed by atoms with Gasteiger partial charge in [-0.3, -0.25) is 4.79 Å². The van der Waals surface area contributed by atoms with Gasteiger partial charge in [-0.2, -0.15) is 0 Å². The van der Waals surface area contributed by atoms with E-state index in [1.54, 1.807) is 13.3 Å². The van der Waals surface area contributed by atoms with Gasteiger partial charge in [0, 0.05) is 25.8 Å². The van der Waals surface area contributed by atoms with E-state index in [0.29, 0.717) is 12.1 Å². The number of methoxy groups -OCH3 is 1. The highest BCUT2D eigenvalue weighted by Gasteiger charge is 2.17. The van der Waals surface area contributed by atoms with Crippen molar-refractivity contribution in [2.24, 2.45) is 5.92 Å². The molecule has 1 fully saturated rings. The summed E-state index contributed by atoms with van der Waals surface area (Å²) >= 11 is 0. The molecule has 0 atom stereocenters. The molecule has 2 aromatic rings. The number of carbonyl (C=O) groups excluding carboxylic acids is 1. The zero-order valence-electron chi connectivity index (χ0n) is 15.6. The second-order valence-corrected chi connectivity index (χ2v) is 6.89. The Bertz CT molecular complexity index is 722. The average molecular weight is 353 g/mol. The van der Waals surface area contributed by atoms with Crippen LogP contribution in [0.1, 0.15) is 35.7 Å². The molecule has 1 aliphatic rings. The van der Waals surface area contributed by atoms with Gasteiger partial charge in [-0.05, 0) is 48.9 Å². The van der Waals surface area contributed by atoms with Gasteiger partial charge in [-0.1, -0.05) is 25.1 Å². The zero-order valence-corrected chi connectivity index (χ0v) is 15.6. The number of carbonyl (C=O) groups is 1. The lowest BCUT2D eigenvalue weighted by atomic mass is 9.99. The van der Waals surface area contributed by atoms with Crippen LogP contribution in [0.25, 0.3) is 0 Å². The Kier molecular flexibility index (Phi) is 6.10. The minimum Gasteiger partial charge on any atom is -0.496 e. The summed E-state index contributed by atoms with van der Waals surface area (Å²) < 4.78 is 5.34. The van der Waals surface area contributed by atoms with Gasteiger partial charge in [0.2, 0.25) is 0 Å². The van der Waals surface area contributed by atoms with Crippen molar-refractivity contribution >= 4 is 11.7 Å². The van der Waals surface area contributed by atoms with Crippen LogP contribution >= 0.6 is 0 Å².